The Bertz CT molecular complexity index is 502. The van der Waals surface area contributed by atoms with Gasteiger partial charge in [-0.2, -0.15) is 0 Å². The first-order valence-corrected chi connectivity index (χ1v) is 6.68. The lowest BCUT2D eigenvalue weighted by atomic mass is 9.79. The number of nitrogens with zero attached hydrogens (tertiary/aromatic N) is 1. The molecule has 2 rings (SSSR count). The third-order valence-corrected chi connectivity index (χ3v) is 3.90. The number of aliphatic hydroxyl groups excluding tert-OH is 1. The van der Waals surface area contributed by atoms with Crippen LogP contribution >= 0.6 is 0 Å². The molecule has 1 aliphatic heterocycles. The van der Waals surface area contributed by atoms with E-state index in [2.05, 4.69) is 0 Å². The standard InChI is InChI=1S/C15H19NO4/c1-15(14(19)20,11-5-3-2-4-6-11)9-13(18)16-8-7-12(17)10-16/h2-6,12,17H,7-10H2,1H3,(H,19,20)/t12-,15?/m1/s1. The second kappa shape index (κ2) is 5.63. The van der Waals surface area contributed by atoms with Crippen LogP contribution < -0.4 is 0 Å². The highest BCUT2D eigenvalue weighted by Gasteiger charge is 2.39. The first-order chi connectivity index (χ1) is 9.43. The van der Waals surface area contributed by atoms with Gasteiger partial charge in [-0.05, 0) is 18.9 Å². The lowest BCUT2D eigenvalue weighted by Gasteiger charge is -2.27. The molecule has 1 aliphatic rings. The van der Waals surface area contributed by atoms with Crippen LogP contribution in [0, 0.1) is 0 Å². The fraction of sp³-hybridized carbons (Fsp3) is 0.467. The van der Waals surface area contributed by atoms with Gasteiger partial charge in [0.1, 0.15) is 0 Å². The van der Waals surface area contributed by atoms with E-state index in [4.69, 9.17) is 0 Å². The molecule has 20 heavy (non-hydrogen) atoms. The molecule has 1 heterocycles. The van der Waals surface area contributed by atoms with Crippen LogP contribution in [-0.4, -0.2) is 46.2 Å². The average Bonchev–Trinajstić information content (AvgIpc) is 2.86. The van der Waals surface area contributed by atoms with Gasteiger partial charge >= 0.3 is 5.97 Å². The summed E-state index contributed by atoms with van der Waals surface area (Å²) in [6.45, 7) is 2.35. The Balaban J connectivity index is 2.18. The summed E-state index contributed by atoms with van der Waals surface area (Å²) >= 11 is 0. The number of β-amino-alcohol motifs (C(OH)–C–C–N with tert-alkyl or cyclic N) is 1. The van der Waals surface area contributed by atoms with Crippen molar-refractivity contribution in [2.45, 2.75) is 31.3 Å². The second-order valence-corrected chi connectivity index (χ2v) is 5.46. The molecule has 2 atom stereocenters. The number of hydrogen-bond donors (Lipinski definition) is 2. The van der Waals surface area contributed by atoms with Gasteiger partial charge in [-0.1, -0.05) is 30.3 Å². The van der Waals surface area contributed by atoms with Gasteiger partial charge in [0, 0.05) is 19.5 Å². The molecule has 5 heteroatoms. The van der Waals surface area contributed by atoms with Crippen molar-refractivity contribution in [3.63, 3.8) is 0 Å². The van der Waals surface area contributed by atoms with Crippen molar-refractivity contribution in [1.82, 2.24) is 4.90 Å². The summed E-state index contributed by atoms with van der Waals surface area (Å²) in [6, 6.07) is 8.78. The van der Waals surface area contributed by atoms with Crippen molar-refractivity contribution in [2.24, 2.45) is 0 Å². The van der Waals surface area contributed by atoms with Crippen molar-refractivity contribution in [3.8, 4) is 0 Å². The number of amides is 1. The Morgan fingerprint density at radius 2 is 2.00 bits per heavy atom. The number of carbonyl (C=O) groups is 2. The van der Waals surface area contributed by atoms with E-state index >= 15 is 0 Å². The van der Waals surface area contributed by atoms with Crippen LogP contribution in [-0.2, 0) is 15.0 Å². The highest BCUT2D eigenvalue weighted by atomic mass is 16.4. The smallest absolute Gasteiger partial charge is 0.314 e. The number of carboxylic acids is 1. The molecule has 1 aromatic rings. The first-order valence-electron chi connectivity index (χ1n) is 6.68. The van der Waals surface area contributed by atoms with E-state index in [1.807, 2.05) is 6.07 Å². The maximum Gasteiger partial charge on any atom is 0.314 e. The summed E-state index contributed by atoms with van der Waals surface area (Å²) in [5, 5.41) is 19.0. The number of carbonyl (C=O) groups excluding carboxylic acids is 1. The van der Waals surface area contributed by atoms with Gasteiger partial charge in [-0.15, -0.1) is 0 Å². The third kappa shape index (κ3) is 2.82. The van der Waals surface area contributed by atoms with Gasteiger partial charge in [-0.25, -0.2) is 0 Å². The van der Waals surface area contributed by atoms with Crippen molar-refractivity contribution < 1.29 is 19.8 Å². The van der Waals surface area contributed by atoms with E-state index in [0.29, 0.717) is 25.1 Å². The quantitative estimate of drug-likeness (QED) is 0.861. The zero-order chi connectivity index (χ0) is 14.8. The molecule has 0 aromatic heterocycles. The highest BCUT2D eigenvalue weighted by Crippen LogP contribution is 2.29. The molecular formula is C15H19NO4. The molecule has 0 saturated carbocycles. The lowest BCUT2D eigenvalue weighted by molar-refractivity contribution is -0.147. The summed E-state index contributed by atoms with van der Waals surface area (Å²) in [5.41, 5.74) is -0.632. The van der Waals surface area contributed by atoms with Gasteiger partial charge in [0.25, 0.3) is 0 Å². The molecule has 5 nitrogen and oxygen atoms in total. The predicted molar refractivity (Wildman–Crippen MR) is 73.3 cm³/mol. The minimum atomic E-state index is -1.24. The first kappa shape index (κ1) is 14.5. The summed E-state index contributed by atoms with van der Waals surface area (Å²) in [6.07, 6.45) is -0.0355. The molecule has 0 bridgehead atoms. The Morgan fingerprint density at radius 1 is 1.35 bits per heavy atom. The Morgan fingerprint density at radius 3 is 2.50 bits per heavy atom. The molecule has 0 aliphatic carbocycles. The molecule has 0 spiro atoms. The molecule has 108 valence electrons. The fourth-order valence-electron chi connectivity index (χ4n) is 2.49. The normalized spacial score (nSPS) is 21.5. The van der Waals surface area contributed by atoms with Crippen LogP contribution in [0.2, 0.25) is 0 Å². The topological polar surface area (TPSA) is 77.8 Å². The number of carboxylic acid groups (broad SMARTS) is 1. The highest BCUT2D eigenvalue weighted by molar-refractivity contribution is 5.89. The zero-order valence-electron chi connectivity index (χ0n) is 11.5. The Kier molecular flexibility index (Phi) is 4.09. The fourth-order valence-corrected chi connectivity index (χ4v) is 2.49. The van der Waals surface area contributed by atoms with Crippen LogP contribution in [0.3, 0.4) is 0 Å². The zero-order valence-corrected chi connectivity index (χ0v) is 11.5. The van der Waals surface area contributed by atoms with Crippen LogP contribution in [0.4, 0.5) is 0 Å². The van der Waals surface area contributed by atoms with E-state index in [1.54, 1.807) is 31.2 Å². The SMILES string of the molecule is CC(CC(=O)N1CC[C@@H](O)C1)(C(=O)O)c1ccccc1. The van der Waals surface area contributed by atoms with Gasteiger partial charge in [0.15, 0.2) is 0 Å². The van der Waals surface area contributed by atoms with E-state index in [0.717, 1.165) is 0 Å². The predicted octanol–water partition coefficient (Wildman–Crippen LogP) is 1.01. The summed E-state index contributed by atoms with van der Waals surface area (Å²) < 4.78 is 0. The van der Waals surface area contributed by atoms with Crippen molar-refractivity contribution in [1.29, 1.82) is 0 Å². The molecule has 1 aromatic carbocycles. The average molecular weight is 277 g/mol. The number of aliphatic carboxylic acids is 1. The number of rotatable bonds is 4. The van der Waals surface area contributed by atoms with Crippen LogP contribution in [0.1, 0.15) is 25.3 Å². The van der Waals surface area contributed by atoms with Crippen molar-refractivity contribution >= 4 is 11.9 Å². The van der Waals surface area contributed by atoms with Gasteiger partial charge in [-0.3, -0.25) is 9.59 Å². The molecular weight excluding hydrogens is 258 g/mol. The number of likely N-dealkylation sites (tertiary alicyclic amines) is 1. The molecule has 1 saturated heterocycles. The molecule has 2 N–H and O–H groups in total. The molecule has 1 amide bonds. The van der Waals surface area contributed by atoms with Crippen molar-refractivity contribution in [3.05, 3.63) is 35.9 Å². The van der Waals surface area contributed by atoms with Crippen molar-refractivity contribution in [2.75, 3.05) is 13.1 Å². The van der Waals surface area contributed by atoms with Gasteiger partial charge in [0.2, 0.25) is 5.91 Å². The van der Waals surface area contributed by atoms with E-state index in [1.165, 1.54) is 4.90 Å². The van der Waals surface area contributed by atoms with Gasteiger partial charge in [0.05, 0.1) is 11.5 Å². The molecule has 0 radical (unpaired) electrons. The Hall–Kier alpha value is -1.88. The summed E-state index contributed by atoms with van der Waals surface area (Å²) in [7, 11) is 0. The summed E-state index contributed by atoms with van der Waals surface area (Å²) in [5.74, 6) is -1.24. The van der Waals surface area contributed by atoms with Crippen LogP contribution in [0.5, 0.6) is 0 Å². The lowest BCUT2D eigenvalue weighted by Crippen LogP contribution is -2.40. The van der Waals surface area contributed by atoms with E-state index < -0.39 is 17.5 Å². The summed E-state index contributed by atoms with van der Waals surface area (Å²) in [4.78, 5) is 25.4. The number of hydrogen-bond acceptors (Lipinski definition) is 3. The minimum absolute atomic E-state index is 0.0981. The van der Waals surface area contributed by atoms with Gasteiger partial charge < -0.3 is 15.1 Å². The largest absolute Gasteiger partial charge is 0.481 e. The Labute approximate surface area is 117 Å². The molecule has 1 unspecified atom stereocenters. The number of benzene rings is 1. The third-order valence-electron chi connectivity index (χ3n) is 3.90. The molecule has 1 fully saturated rings. The van der Waals surface area contributed by atoms with Crippen LogP contribution in [0.15, 0.2) is 30.3 Å². The second-order valence-electron chi connectivity index (χ2n) is 5.46. The maximum atomic E-state index is 12.2. The maximum absolute atomic E-state index is 12.2. The van der Waals surface area contributed by atoms with E-state index in [-0.39, 0.29) is 12.3 Å². The monoisotopic (exact) mass is 277 g/mol. The van der Waals surface area contributed by atoms with E-state index in [9.17, 15) is 19.8 Å². The minimum Gasteiger partial charge on any atom is -0.481 e. The number of aliphatic hydroxyl groups is 1. The van der Waals surface area contributed by atoms with Crippen LogP contribution in [0.25, 0.3) is 0 Å².